The molecule has 1 amide bonds. The molecule has 1 aromatic rings. The minimum absolute atomic E-state index is 0.0671. The lowest BCUT2D eigenvalue weighted by molar-refractivity contribution is -0.138. The third-order valence-electron chi connectivity index (χ3n) is 3.16. The summed E-state index contributed by atoms with van der Waals surface area (Å²) >= 11 is 5.85. The molecule has 1 N–H and O–H groups in total. The maximum absolute atomic E-state index is 12.0. The van der Waals surface area contributed by atoms with E-state index < -0.39 is 5.54 Å². The van der Waals surface area contributed by atoms with Gasteiger partial charge in [0.05, 0.1) is 12.1 Å². The number of aliphatic hydroxyl groups excluding tert-OH is 1. The number of carbonyl (C=O) groups is 1. The third-order valence-corrected chi connectivity index (χ3v) is 3.39. The van der Waals surface area contributed by atoms with Gasteiger partial charge in [0.2, 0.25) is 0 Å². The van der Waals surface area contributed by atoms with Crippen LogP contribution < -0.4 is 4.74 Å². The van der Waals surface area contributed by atoms with Gasteiger partial charge < -0.3 is 14.7 Å². The van der Waals surface area contributed by atoms with Crippen LogP contribution in [0.2, 0.25) is 5.02 Å². The van der Waals surface area contributed by atoms with Crippen molar-refractivity contribution in [2.45, 2.75) is 26.3 Å². The summed E-state index contributed by atoms with van der Waals surface area (Å²) in [5.41, 5.74) is 0.277. The van der Waals surface area contributed by atoms with E-state index in [1.165, 1.54) is 4.90 Å². The summed E-state index contributed by atoms with van der Waals surface area (Å²) in [6.45, 7) is 5.28. The normalized spacial score (nSPS) is 11.3. The number of hydrogen-bond donors (Lipinski definition) is 1. The van der Waals surface area contributed by atoms with E-state index in [9.17, 15) is 9.90 Å². The largest absolute Gasteiger partial charge is 0.483 e. The summed E-state index contributed by atoms with van der Waals surface area (Å²) in [7, 11) is 1.65. The van der Waals surface area contributed by atoms with Crippen molar-refractivity contribution in [1.82, 2.24) is 4.90 Å². The molecule has 0 aliphatic rings. The van der Waals surface area contributed by atoms with Crippen LogP contribution in [0.15, 0.2) is 18.2 Å². The molecular formula is C14H20ClNO3. The summed E-state index contributed by atoms with van der Waals surface area (Å²) in [6.07, 6.45) is 0. The second-order valence-corrected chi connectivity index (χ2v) is 5.56. The molecule has 0 atom stereocenters. The van der Waals surface area contributed by atoms with E-state index in [1.54, 1.807) is 39.1 Å². The molecule has 5 heteroatoms. The van der Waals surface area contributed by atoms with E-state index in [2.05, 4.69) is 0 Å². The van der Waals surface area contributed by atoms with Crippen molar-refractivity contribution in [2.24, 2.45) is 0 Å². The Morgan fingerprint density at radius 3 is 2.63 bits per heavy atom. The Kier molecular flexibility index (Phi) is 5.20. The fourth-order valence-corrected chi connectivity index (χ4v) is 1.68. The number of hydrogen-bond acceptors (Lipinski definition) is 3. The molecular weight excluding hydrogens is 266 g/mol. The average Bonchev–Trinajstić information content (AvgIpc) is 2.36. The molecule has 0 aromatic heterocycles. The molecule has 4 nitrogen and oxygen atoms in total. The van der Waals surface area contributed by atoms with Gasteiger partial charge in [-0.1, -0.05) is 11.6 Å². The predicted octanol–water partition coefficient (Wildman–Crippen LogP) is 2.26. The lowest BCUT2D eigenvalue weighted by atomic mass is 10.1. The molecule has 19 heavy (non-hydrogen) atoms. The minimum atomic E-state index is -0.602. The highest BCUT2D eigenvalue weighted by Gasteiger charge is 2.26. The lowest BCUT2D eigenvalue weighted by Crippen LogP contribution is -2.49. The number of likely N-dealkylation sites (N-methyl/N-ethyl adjacent to an activating group) is 1. The molecule has 0 radical (unpaired) electrons. The van der Waals surface area contributed by atoms with Crippen LogP contribution in [0.25, 0.3) is 0 Å². The third kappa shape index (κ3) is 4.11. The van der Waals surface area contributed by atoms with E-state index >= 15 is 0 Å². The van der Waals surface area contributed by atoms with Crippen molar-refractivity contribution in [2.75, 3.05) is 20.3 Å². The maximum atomic E-state index is 12.0. The van der Waals surface area contributed by atoms with Crippen LogP contribution in [-0.2, 0) is 4.79 Å². The highest BCUT2D eigenvalue weighted by molar-refractivity contribution is 6.30. The smallest absolute Gasteiger partial charge is 0.260 e. The first kappa shape index (κ1) is 15.8. The van der Waals surface area contributed by atoms with Crippen molar-refractivity contribution < 1.29 is 14.6 Å². The van der Waals surface area contributed by atoms with E-state index in [0.29, 0.717) is 10.8 Å². The van der Waals surface area contributed by atoms with Crippen LogP contribution in [0, 0.1) is 6.92 Å². The summed E-state index contributed by atoms with van der Waals surface area (Å²) in [5, 5.41) is 9.86. The van der Waals surface area contributed by atoms with Gasteiger partial charge in [0.25, 0.3) is 5.91 Å². The Labute approximate surface area is 118 Å². The second-order valence-electron chi connectivity index (χ2n) is 5.12. The summed E-state index contributed by atoms with van der Waals surface area (Å²) in [5.74, 6) is 0.446. The van der Waals surface area contributed by atoms with Crippen molar-refractivity contribution in [3.8, 4) is 5.75 Å². The van der Waals surface area contributed by atoms with Crippen molar-refractivity contribution in [3.63, 3.8) is 0 Å². The fourth-order valence-electron chi connectivity index (χ4n) is 1.45. The Bertz CT molecular complexity index is 460. The van der Waals surface area contributed by atoms with Gasteiger partial charge in [0, 0.05) is 12.1 Å². The molecule has 0 bridgehead atoms. The Hall–Kier alpha value is -1.26. The number of carbonyl (C=O) groups excluding carboxylic acids is 1. The van der Waals surface area contributed by atoms with Crippen molar-refractivity contribution in [1.29, 1.82) is 0 Å². The van der Waals surface area contributed by atoms with Crippen molar-refractivity contribution in [3.05, 3.63) is 28.8 Å². The number of nitrogens with zero attached hydrogens (tertiary/aromatic N) is 1. The van der Waals surface area contributed by atoms with Gasteiger partial charge in [-0.2, -0.15) is 0 Å². The monoisotopic (exact) mass is 285 g/mol. The van der Waals surface area contributed by atoms with Crippen LogP contribution in [0.4, 0.5) is 0 Å². The number of aliphatic hydroxyl groups is 1. The highest BCUT2D eigenvalue weighted by atomic mass is 35.5. The number of ether oxygens (including phenoxy) is 1. The number of halogens is 1. The Morgan fingerprint density at radius 2 is 2.11 bits per heavy atom. The number of benzene rings is 1. The van der Waals surface area contributed by atoms with Gasteiger partial charge in [-0.25, -0.2) is 0 Å². The Balaban J connectivity index is 2.64. The maximum Gasteiger partial charge on any atom is 0.260 e. The standard InChI is InChI=1S/C14H20ClNO3/c1-10-7-11(15)5-6-12(10)19-8-13(18)16(4)14(2,3)9-17/h5-7,17H,8-9H2,1-4H3. The minimum Gasteiger partial charge on any atom is -0.483 e. The molecule has 0 fully saturated rings. The molecule has 0 unspecified atom stereocenters. The summed E-state index contributed by atoms with van der Waals surface area (Å²) < 4.78 is 5.48. The quantitative estimate of drug-likeness (QED) is 0.903. The average molecular weight is 286 g/mol. The molecule has 0 heterocycles. The molecule has 0 aliphatic carbocycles. The van der Waals surface area contributed by atoms with Gasteiger partial charge >= 0.3 is 0 Å². The van der Waals surface area contributed by atoms with Gasteiger partial charge in [0.15, 0.2) is 6.61 Å². The molecule has 0 saturated carbocycles. The van der Waals surface area contributed by atoms with Crippen LogP contribution in [0.3, 0.4) is 0 Å². The van der Waals surface area contributed by atoms with Crippen molar-refractivity contribution >= 4 is 17.5 Å². The van der Waals surface area contributed by atoms with E-state index in [0.717, 1.165) is 5.56 Å². The summed E-state index contributed by atoms with van der Waals surface area (Å²) in [6, 6.07) is 5.24. The zero-order valence-electron chi connectivity index (χ0n) is 11.7. The lowest BCUT2D eigenvalue weighted by Gasteiger charge is -2.33. The number of aryl methyl sites for hydroxylation is 1. The molecule has 106 valence electrons. The van der Waals surface area contributed by atoms with Gasteiger partial charge in [-0.15, -0.1) is 0 Å². The molecule has 1 rings (SSSR count). The zero-order chi connectivity index (χ0) is 14.6. The first-order chi connectivity index (χ1) is 8.77. The topological polar surface area (TPSA) is 49.8 Å². The molecule has 0 aliphatic heterocycles. The fraction of sp³-hybridized carbons (Fsp3) is 0.500. The van der Waals surface area contributed by atoms with Crippen LogP contribution in [0.1, 0.15) is 19.4 Å². The van der Waals surface area contributed by atoms with E-state index in [4.69, 9.17) is 16.3 Å². The first-order valence-electron chi connectivity index (χ1n) is 6.04. The zero-order valence-corrected chi connectivity index (χ0v) is 12.5. The van der Waals surface area contributed by atoms with Gasteiger partial charge in [0.1, 0.15) is 5.75 Å². The number of amides is 1. The van der Waals surface area contributed by atoms with Crippen LogP contribution >= 0.6 is 11.6 Å². The molecule has 1 aromatic carbocycles. The van der Waals surface area contributed by atoms with E-state index in [-0.39, 0.29) is 19.1 Å². The molecule has 0 spiro atoms. The summed E-state index contributed by atoms with van der Waals surface area (Å²) in [4.78, 5) is 13.4. The molecule has 0 saturated heterocycles. The first-order valence-corrected chi connectivity index (χ1v) is 6.42. The Morgan fingerprint density at radius 1 is 1.47 bits per heavy atom. The van der Waals surface area contributed by atoms with Crippen LogP contribution in [-0.4, -0.2) is 41.7 Å². The second kappa shape index (κ2) is 6.26. The van der Waals surface area contributed by atoms with Gasteiger partial charge in [-0.05, 0) is 44.5 Å². The number of rotatable bonds is 5. The SMILES string of the molecule is Cc1cc(Cl)ccc1OCC(=O)N(C)C(C)(C)CO. The van der Waals surface area contributed by atoms with E-state index in [1.807, 2.05) is 6.92 Å². The highest BCUT2D eigenvalue weighted by Crippen LogP contribution is 2.22. The predicted molar refractivity (Wildman–Crippen MR) is 75.6 cm³/mol. The van der Waals surface area contributed by atoms with Crippen LogP contribution in [0.5, 0.6) is 5.75 Å². The van der Waals surface area contributed by atoms with Gasteiger partial charge in [-0.3, -0.25) is 4.79 Å².